The first kappa shape index (κ1) is 17.2. The van der Waals surface area contributed by atoms with E-state index in [1.807, 2.05) is 0 Å². The lowest BCUT2D eigenvalue weighted by Gasteiger charge is -2.20. The van der Waals surface area contributed by atoms with Crippen LogP contribution in [-0.4, -0.2) is 24.3 Å². The Bertz CT molecular complexity index is 559. The quantitative estimate of drug-likeness (QED) is 0.645. The number of esters is 1. The Morgan fingerprint density at radius 3 is 2.35 bits per heavy atom. The van der Waals surface area contributed by atoms with Crippen molar-refractivity contribution in [2.45, 2.75) is 45.4 Å². The molecule has 1 saturated carbocycles. The molecule has 1 aliphatic carbocycles. The monoisotopic (exact) mass is 317 g/mol. The first-order valence-corrected chi connectivity index (χ1v) is 8.11. The lowest BCUT2D eigenvalue weighted by Crippen LogP contribution is -2.18. The zero-order chi connectivity index (χ0) is 16.7. The van der Waals surface area contributed by atoms with Gasteiger partial charge in [-0.3, -0.25) is 14.4 Å². The summed E-state index contributed by atoms with van der Waals surface area (Å²) in [7, 11) is 0. The van der Waals surface area contributed by atoms with Gasteiger partial charge >= 0.3 is 5.97 Å². The van der Waals surface area contributed by atoms with Gasteiger partial charge in [-0.1, -0.05) is 19.3 Å². The van der Waals surface area contributed by atoms with Gasteiger partial charge in [-0.15, -0.1) is 0 Å². The summed E-state index contributed by atoms with van der Waals surface area (Å²) in [5.74, 6) is -0.291. The van der Waals surface area contributed by atoms with Crippen LogP contribution in [0.2, 0.25) is 0 Å². The van der Waals surface area contributed by atoms with Crippen LogP contribution in [0.1, 0.15) is 55.8 Å². The van der Waals surface area contributed by atoms with E-state index in [2.05, 4.69) is 5.32 Å². The predicted molar refractivity (Wildman–Crippen MR) is 87.2 cm³/mol. The van der Waals surface area contributed by atoms with Crippen molar-refractivity contribution in [1.29, 1.82) is 0 Å². The van der Waals surface area contributed by atoms with E-state index in [4.69, 9.17) is 4.74 Å². The zero-order valence-electron chi connectivity index (χ0n) is 13.5. The molecule has 1 amide bonds. The number of benzene rings is 1. The number of carbonyl (C=O) groups excluding carboxylic acids is 3. The molecule has 0 spiro atoms. The van der Waals surface area contributed by atoms with Crippen LogP contribution >= 0.6 is 0 Å². The number of ether oxygens (including phenoxy) is 1. The Morgan fingerprint density at radius 2 is 1.74 bits per heavy atom. The average Bonchev–Trinajstić information content (AvgIpc) is 2.54. The number of carbonyl (C=O) groups is 3. The maximum absolute atomic E-state index is 12.0. The molecule has 0 atom stereocenters. The highest BCUT2D eigenvalue weighted by atomic mass is 16.5. The Kier molecular flexibility index (Phi) is 6.32. The van der Waals surface area contributed by atoms with E-state index in [1.54, 1.807) is 24.3 Å². The van der Waals surface area contributed by atoms with Gasteiger partial charge < -0.3 is 10.1 Å². The molecule has 1 aromatic carbocycles. The minimum atomic E-state index is -0.292. The van der Waals surface area contributed by atoms with E-state index in [-0.39, 0.29) is 24.3 Å². The van der Waals surface area contributed by atoms with Gasteiger partial charge in [0.2, 0.25) is 5.91 Å². The number of hydrogen-bond donors (Lipinski definition) is 1. The summed E-state index contributed by atoms with van der Waals surface area (Å²) >= 11 is 0. The molecule has 1 N–H and O–H groups in total. The Balaban J connectivity index is 1.77. The van der Waals surface area contributed by atoms with Gasteiger partial charge in [0, 0.05) is 24.6 Å². The van der Waals surface area contributed by atoms with Crippen LogP contribution in [0.4, 0.5) is 5.69 Å². The summed E-state index contributed by atoms with van der Waals surface area (Å²) in [5, 5.41) is 2.63. The molecule has 0 unspecified atom stereocenters. The van der Waals surface area contributed by atoms with Crippen LogP contribution in [0.3, 0.4) is 0 Å². The number of amides is 1. The fourth-order valence-corrected chi connectivity index (χ4v) is 2.86. The van der Waals surface area contributed by atoms with Gasteiger partial charge in [0.15, 0.2) is 12.4 Å². The number of rotatable bonds is 6. The fourth-order valence-electron chi connectivity index (χ4n) is 2.86. The van der Waals surface area contributed by atoms with Crippen LogP contribution in [0.25, 0.3) is 0 Å². The number of anilines is 1. The predicted octanol–water partition coefficient (Wildman–Crippen LogP) is 3.34. The summed E-state index contributed by atoms with van der Waals surface area (Å²) in [6, 6.07) is 6.53. The highest BCUT2D eigenvalue weighted by Gasteiger charge is 2.18. The van der Waals surface area contributed by atoms with E-state index >= 15 is 0 Å². The number of hydrogen-bond acceptors (Lipinski definition) is 4. The van der Waals surface area contributed by atoms with Crippen molar-refractivity contribution < 1.29 is 19.1 Å². The number of nitrogens with one attached hydrogen (secondary N) is 1. The van der Waals surface area contributed by atoms with Gasteiger partial charge in [0.05, 0.1) is 0 Å². The molecule has 124 valence electrons. The summed E-state index contributed by atoms with van der Waals surface area (Å²) < 4.78 is 5.10. The Labute approximate surface area is 136 Å². The van der Waals surface area contributed by atoms with E-state index < -0.39 is 0 Å². The molecule has 0 aromatic heterocycles. The average molecular weight is 317 g/mol. The topological polar surface area (TPSA) is 72.5 Å². The van der Waals surface area contributed by atoms with E-state index in [0.717, 1.165) is 12.8 Å². The Hall–Kier alpha value is -2.17. The van der Waals surface area contributed by atoms with Gasteiger partial charge in [0.1, 0.15) is 0 Å². The molecule has 1 aliphatic rings. The number of Topliss-reactive ketones (excluding diaryl/α,β-unsaturated/α-hetero) is 1. The lowest BCUT2D eigenvalue weighted by molar-refractivity contribution is -0.143. The molecule has 0 heterocycles. The minimum absolute atomic E-state index is 0.166. The van der Waals surface area contributed by atoms with Gasteiger partial charge in [0.25, 0.3) is 0 Å². The third kappa shape index (κ3) is 5.85. The largest absolute Gasteiger partial charge is 0.457 e. The molecular weight excluding hydrogens is 294 g/mol. The second-order valence-electron chi connectivity index (χ2n) is 6.05. The molecule has 1 fully saturated rings. The van der Waals surface area contributed by atoms with Crippen molar-refractivity contribution in [3.63, 3.8) is 0 Å². The normalized spacial score (nSPS) is 15.0. The van der Waals surface area contributed by atoms with Gasteiger partial charge in [-0.2, -0.15) is 0 Å². The molecule has 1 aromatic rings. The molecule has 0 aliphatic heterocycles. The SMILES string of the molecule is CC(=O)Nc1ccc(C(=O)COC(=O)CC2CCCCC2)cc1. The van der Waals surface area contributed by atoms with E-state index in [0.29, 0.717) is 23.6 Å². The highest BCUT2D eigenvalue weighted by Crippen LogP contribution is 2.26. The van der Waals surface area contributed by atoms with Crippen LogP contribution in [-0.2, 0) is 14.3 Å². The Morgan fingerprint density at radius 1 is 1.09 bits per heavy atom. The van der Waals surface area contributed by atoms with Crippen LogP contribution in [0.5, 0.6) is 0 Å². The number of ketones is 1. The van der Waals surface area contributed by atoms with Crippen molar-refractivity contribution in [2.24, 2.45) is 5.92 Å². The zero-order valence-corrected chi connectivity index (χ0v) is 13.5. The third-order valence-electron chi connectivity index (χ3n) is 4.07. The van der Waals surface area contributed by atoms with Crippen LogP contribution < -0.4 is 5.32 Å². The van der Waals surface area contributed by atoms with Crippen LogP contribution in [0.15, 0.2) is 24.3 Å². The molecule has 5 heteroatoms. The maximum atomic E-state index is 12.0. The van der Waals surface area contributed by atoms with E-state index in [9.17, 15) is 14.4 Å². The van der Waals surface area contributed by atoms with Crippen molar-refractivity contribution in [3.8, 4) is 0 Å². The molecule has 0 saturated heterocycles. The fraction of sp³-hybridized carbons (Fsp3) is 0.500. The molecule has 0 radical (unpaired) electrons. The van der Waals surface area contributed by atoms with Crippen LogP contribution in [0, 0.1) is 5.92 Å². The summed E-state index contributed by atoms with van der Waals surface area (Å²) in [6.45, 7) is 1.19. The molecule has 23 heavy (non-hydrogen) atoms. The first-order valence-electron chi connectivity index (χ1n) is 8.11. The third-order valence-corrected chi connectivity index (χ3v) is 4.07. The second-order valence-corrected chi connectivity index (χ2v) is 6.05. The van der Waals surface area contributed by atoms with Gasteiger partial charge in [-0.25, -0.2) is 0 Å². The summed E-state index contributed by atoms with van der Waals surface area (Å²) in [5.41, 5.74) is 1.09. The molecular formula is C18H23NO4. The van der Waals surface area contributed by atoms with Crippen molar-refractivity contribution in [2.75, 3.05) is 11.9 Å². The summed E-state index contributed by atoms with van der Waals surface area (Å²) in [6.07, 6.45) is 6.17. The minimum Gasteiger partial charge on any atom is -0.457 e. The second kappa shape index (κ2) is 8.46. The summed E-state index contributed by atoms with van der Waals surface area (Å²) in [4.78, 5) is 34.7. The van der Waals surface area contributed by atoms with E-state index in [1.165, 1.54) is 26.2 Å². The standard InChI is InChI=1S/C18H23NO4/c1-13(20)19-16-9-7-15(8-10-16)17(21)12-23-18(22)11-14-5-3-2-4-6-14/h7-10,14H,2-6,11-12H2,1H3,(H,19,20). The molecule has 0 bridgehead atoms. The van der Waals surface area contributed by atoms with Crippen molar-refractivity contribution >= 4 is 23.3 Å². The molecule has 5 nitrogen and oxygen atoms in total. The smallest absolute Gasteiger partial charge is 0.306 e. The van der Waals surface area contributed by atoms with Gasteiger partial charge in [-0.05, 0) is 43.0 Å². The van der Waals surface area contributed by atoms with Crippen molar-refractivity contribution in [3.05, 3.63) is 29.8 Å². The van der Waals surface area contributed by atoms with Crippen molar-refractivity contribution in [1.82, 2.24) is 0 Å². The first-order chi connectivity index (χ1) is 11.0. The highest BCUT2D eigenvalue weighted by molar-refractivity contribution is 5.98. The molecule has 2 rings (SSSR count). The maximum Gasteiger partial charge on any atom is 0.306 e. The lowest BCUT2D eigenvalue weighted by atomic mass is 9.87.